The van der Waals surface area contributed by atoms with Gasteiger partial charge in [0.25, 0.3) is 5.56 Å². The lowest BCUT2D eigenvalue weighted by molar-refractivity contribution is -0.133. The highest BCUT2D eigenvalue weighted by atomic mass is 16.2. The van der Waals surface area contributed by atoms with Gasteiger partial charge in [-0.25, -0.2) is 19.2 Å². The van der Waals surface area contributed by atoms with E-state index in [-0.39, 0.29) is 24.1 Å². The summed E-state index contributed by atoms with van der Waals surface area (Å²) in [5, 5.41) is 7.16. The van der Waals surface area contributed by atoms with Crippen molar-refractivity contribution in [2.45, 2.75) is 45.7 Å². The number of aryl methyl sites for hydroxylation is 1. The molecular weight excluding hydrogens is 334 g/mol. The van der Waals surface area contributed by atoms with Gasteiger partial charge in [0.2, 0.25) is 5.91 Å². The smallest absolute Gasteiger partial charge is 0.276 e. The first-order valence-electron chi connectivity index (χ1n) is 8.81. The fourth-order valence-corrected chi connectivity index (χ4v) is 3.70. The first-order chi connectivity index (χ1) is 12.6. The van der Waals surface area contributed by atoms with Crippen molar-refractivity contribution >= 4 is 11.6 Å². The third-order valence-corrected chi connectivity index (χ3v) is 4.98. The number of fused-ring (bicyclic) bond motifs is 1. The van der Waals surface area contributed by atoms with Gasteiger partial charge in [0, 0.05) is 23.9 Å². The lowest BCUT2D eigenvalue weighted by Gasteiger charge is -2.23. The summed E-state index contributed by atoms with van der Waals surface area (Å²) in [6.07, 6.45) is 5.36. The summed E-state index contributed by atoms with van der Waals surface area (Å²) in [5.74, 6) is -0.0117. The molecule has 9 heteroatoms. The van der Waals surface area contributed by atoms with Crippen LogP contribution in [-0.4, -0.2) is 46.7 Å². The van der Waals surface area contributed by atoms with Gasteiger partial charge >= 0.3 is 0 Å². The largest absolute Gasteiger partial charge is 0.332 e. The number of aromatic nitrogens is 6. The van der Waals surface area contributed by atoms with Crippen LogP contribution in [0.25, 0.3) is 5.65 Å². The summed E-state index contributed by atoms with van der Waals surface area (Å²) in [4.78, 5) is 35.5. The third-order valence-electron chi connectivity index (χ3n) is 4.98. The minimum Gasteiger partial charge on any atom is -0.332 e. The zero-order valence-electron chi connectivity index (χ0n) is 14.8. The number of hydrogen-bond acceptors (Lipinski definition) is 5. The standard InChI is InChI=1S/C17H21N7O2/c1-3-12-11(2)20-15-7-13(21-24(15)17(12)26)14-5-4-6-23(14)16(25)8-22-10-18-9-19-22/h7,9-10,14,21H,3-6,8H2,1-2H3. The van der Waals surface area contributed by atoms with Crippen LogP contribution in [0.4, 0.5) is 0 Å². The molecule has 0 saturated carbocycles. The molecule has 1 fully saturated rings. The topological polar surface area (TPSA) is 101 Å². The Morgan fingerprint density at radius 3 is 3.00 bits per heavy atom. The lowest BCUT2D eigenvalue weighted by Crippen LogP contribution is -2.33. The molecule has 1 saturated heterocycles. The molecular formula is C17H21N7O2. The maximum Gasteiger partial charge on any atom is 0.276 e. The van der Waals surface area contributed by atoms with Gasteiger partial charge in [0.05, 0.1) is 11.7 Å². The monoisotopic (exact) mass is 355 g/mol. The maximum atomic E-state index is 12.7. The van der Waals surface area contributed by atoms with Crippen molar-refractivity contribution in [3.05, 3.63) is 46.0 Å². The summed E-state index contributed by atoms with van der Waals surface area (Å²) in [7, 11) is 0. The van der Waals surface area contributed by atoms with Gasteiger partial charge in [-0.2, -0.15) is 5.10 Å². The van der Waals surface area contributed by atoms with Gasteiger partial charge in [-0.15, -0.1) is 0 Å². The van der Waals surface area contributed by atoms with Gasteiger partial charge < -0.3 is 4.90 Å². The Hall–Kier alpha value is -2.97. The van der Waals surface area contributed by atoms with Crippen LogP contribution >= 0.6 is 0 Å². The van der Waals surface area contributed by atoms with Crippen LogP contribution in [0, 0.1) is 6.92 Å². The van der Waals surface area contributed by atoms with Gasteiger partial charge in [-0.1, -0.05) is 6.92 Å². The van der Waals surface area contributed by atoms with E-state index in [0.717, 1.165) is 24.2 Å². The van der Waals surface area contributed by atoms with E-state index >= 15 is 0 Å². The normalized spacial score (nSPS) is 17.3. The molecule has 0 radical (unpaired) electrons. The van der Waals surface area contributed by atoms with Gasteiger partial charge in [-0.3, -0.25) is 14.7 Å². The van der Waals surface area contributed by atoms with Crippen LogP contribution in [0.1, 0.15) is 42.8 Å². The van der Waals surface area contributed by atoms with Gasteiger partial charge in [-0.05, 0) is 26.2 Å². The first-order valence-corrected chi connectivity index (χ1v) is 8.81. The van der Waals surface area contributed by atoms with Crippen molar-refractivity contribution in [1.29, 1.82) is 0 Å². The number of H-pyrrole nitrogens is 1. The molecule has 3 aromatic heterocycles. The highest BCUT2D eigenvalue weighted by Gasteiger charge is 2.31. The van der Waals surface area contributed by atoms with Crippen LogP contribution in [0.15, 0.2) is 23.5 Å². The van der Waals surface area contributed by atoms with E-state index in [1.807, 2.05) is 24.8 Å². The van der Waals surface area contributed by atoms with Crippen molar-refractivity contribution in [2.75, 3.05) is 6.54 Å². The van der Waals surface area contributed by atoms with Crippen LogP contribution in [0.3, 0.4) is 0 Å². The van der Waals surface area contributed by atoms with Crippen molar-refractivity contribution in [3.63, 3.8) is 0 Å². The second kappa shape index (κ2) is 6.40. The fraction of sp³-hybridized carbons (Fsp3) is 0.471. The molecule has 4 heterocycles. The molecule has 0 spiro atoms. The summed E-state index contributed by atoms with van der Waals surface area (Å²) < 4.78 is 3.01. The number of amides is 1. The molecule has 0 bridgehead atoms. The molecule has 3 aromatic rings. The van der Waals surface area contributed by atoms with E-state index < -0.39 is 0 Å². The van der Waals surface area contributed by atoms with E-state index in [4.69, 9.17) is 0 Å². The van der Waals surface area contributed by atoms with Crippen LogP contribution < -0.4 is 5.56 Å². The Labute approximate surface area is 149 Å². The Kier molecular flexibility index (Phi) is 4.06. The van der Waals surface area contributed by atoms with Crippen LogP contribution in [-0.2, 0) is 17.8 Å². The molecule has 9 nitrogen and oxygen atoms in total. The number of nitrogens with zero attached hydrogens (tertiary/aromatic N) is 6. The number of likely N-dealkylation sites (tertiary alicyclic amines) is 1. The molecule has 26 heavy (non-hydrogen) atoms. The van der Waals surface area contributed by atoms with E-state index in [0.29, 0.717) is 24.2 Å². The Morgan fingerprint density at radius 1 is 1.42 bits per heavy atom. The number of carbonyl (C=O) groups excluding carboxylic acids is 1. The Bertz CT molecular complexity index is 1000. The predicted molar refractivity (Wildman–Crippen MR) is 93.6 cm³/mol. The van der Waals surface area contributed by atoms with Gasteiger partial charge in [0.15, 0.2) is 5.65 Å². The highest BCUT2D eigenvalue weighted by Crippen LogP contribution is 2.31. The summed E-state index contributed by atoms with van der Waals surface area (Å²) in [5.41, 5.74) is 2.83. The minimum absolute atomic E-state index is 0.0117. The molecule has 1 aliphatic heterocycles. The van der Waals surface area contributed by atoms with Crippen molar-refractivity contribution in [2.24, 2.45) is 0 Å². The molecule has 1 unspecified atom stereocenters. The van der Waals surface area contributed by atoms with Crippen molar-refractivity contribution in [1.82, 2.24) is 34.3 Å². The Morgan fingerprint density at radius 2 is 2.27 bits per heavy atom. The highest BCUT2D eigenvalue weighted by molar-refractivity contribution is 5.76. The number of aromatic amines is 1. The molecule has 1 N–H and O–H groups in total. The third kappa shape index (κ3) is 2.69. The lowest BCUT2D eigenvalue weighted by atomic mass is 10.1. The Balaban J connectivity index is 1.66. The van der Waals surface area contributed by atoms with E-state index in [9.17, 15) is 9.59 Å². The minimum atomic E-state index is -0.0856. The van der Waals surface area contributed by atoms with Gasteiger partial charge in [0.1, 0.15) is 19.2 Å². The van der Waals surface area contributed by atoms with Crippen LogP contribution in [0.5, 0.6) is 0 Å². The van der Waals surface area contributed by atoms with Crippen LogP contribution in [0.2, 0.25) is 0 Å². The fourth-order valence-electron chi connectivity index (χ4n) is 3.70. The molecule has 1 atom stereocenters. The zero-order chi connectivity index (χ0) is 18.3. The van der Waals surface area contributed by atoms with E-state index in [1.54, 1.807) is 0 Å². The molecule has 1 amide bonds. The SMILES string of the molecule is CCc1c(C)nc2cc(C3CCCN3C(=O)Cn3cncn3)[nH]n2c1=O. The zero-order valence-corrected chi connectivity index (χ0v) is 14.8. The number of nitrogens with one attached hydrogen (secondary N) is 1. The second-order valence-electron chi connectivity index (χ2n) is 6.58. The summed E-state index contributed by atoms with van der Waals surface area (Å²) in [6, 6.07) is 1.79. The van der Waals surface area contributed by atoms with E-state index in [1.165, 1.54) is 21.9 Å². The number of hydrogen-bond donors (Lipinski definition) is 1. The first kappa shape index (κ1) is 16.5. The predicted octanol–water partition coefficient (Wildman–Crippen LogP) is 0.849. The maximum absolute atomic E-state index is 12.7. The summed E-state index contributed by atoms with van der Waals surface area (Å²) in [6.45, 7) is 4.66. The second-order valence-corrected chi connectivity index (χ2v) is 6.58. The molecule has 0 aliphatic carbocycles. The van der Waals surface area contributed by atoms with Crippen molar-refractivity contribution < 1.29 is 4.79 Å². The van der Waals surface area contributed by atoms with Crippen molar-refractivity contribution in [3.8, 4) is 0 Å². The molecule has 136 valence electrons. The average Bonchev–Trinajstić information content (AvgIpc) is 3.34. The van der Waals surface area contributed by atoms with E-state index in [2.05, 4.69) is 20.2 Å². The summed E-state index contributed by atoms with van der Waals surface area (Å²) >= 11 is 0. The quantitative estimate of drug-likeness (QED) is 0.748. The number of rotatable bonds is 4. The molecule has 4 rings (SSSR count). The molecule has 1 aliphatic rings. The average molecular weight is 355 g/mol. The molecule has 0 aromatic carbocycles. The number of carbonyl (C=O) groups is 1.